The summed E-state index contributed by atoms with van der Waals surface area (Å²) >= 11 is 0. The number of carboxylic acid groups (broad SMARTS) is 1. The molecule has 42 heavy (non-hydrogen) atoms. The second-order valence-corrected chi connectivity index (χ2v) is 10.5. The Balaban J connectivity index is 1.56. The van der Waals surface area contributed by atoms with Crippen LogP contribution in [0.1, 0.15) is 53.5 Å². The van der Waals surface area contributed by atoms with Gasteiger partial charge in [0.25, 0.3) is 5.91 Å². The van der Waals surface area contributed by atoms with Gasteiger partial charge in [0.05, 0.1) is 12.5 Å². The van der Waals surface area contributed by atoms with Gasteiger partial charge >= 0.3 is 5.97 Å². The third-order valence-electron chi connectivity index (χ3n) is 6.73. The highest BCUT2D eigenvalue weighted by molar-refractivity contribution is 6.01. The van der Waals surface area contributed by atoms with E-state index in [0.29, 0.717) is 17.7 Å². The van der Waals surface area contributed by atoms with E-state index in [1.165, 1.54) is 6.92 Å². The Bertz CT molecular complexity index is 1440. The normalized spacial score (nSPS) is 13.1. The molecule has 0 unspecified atom stereocenters. The number of aliphatic carboxylic acids is 1. The topological polar surface area (TPSA) is 180 Å². The molecule has 7 N–H and O–H groups in total. The number of carbonyl (C=O) groups excluding carboxylic acids is 4. The molecule has 0 aliphatic carbocycles. The molecule has 0 heterocycles. The number of hydrogen-bond donors (Lipinski definition) is 6. The number of hydrogen-bond acceptors (Lipinski definition) is 6. The quantitative estimate of drug-likeness (QED) is 0.170. The minimum absolute atomic E-state index is 0.146. The van der Waals surface area contributed by atoms with Gasteiger partial charge in [0.2, 0.25) is 17.7 Å². The molecule has 3 atom stereocenters. The number of carbonyl (C=O) groups is 5. The Morgan fingerprint density at radius 2 is 1.43 bits per heavy atom. The first-order valence-corrected chi connectivity index (χ1v) is 13.7. The van der Waals surface area contributed by atoms with Crippen LogP contribution in [0.3, 0.4) is 0 Å². The van der Waals surface area contributed by atoms with Crippen molar-refractivity contribution < 1.29 is 29.1 Å². The van der Waals surface area contributed by atoms with Gasteiger partial charge in [-0.3, -0.25) is 24.0 Å². The van der Waals surface area contributed by atoms with Crippen molar-refractivity contribution in [3.63, 3.8) is 0 Å². The fourth-order valence-corrected chi connectivity index (χ4v) is 4.35. The van der Waals surface area contributed by atoms with Crippen LogP contribution in [0.5, 0.6) is 0 Å². The van der Waals surface area contributed by atoms with Crippen LogP contribution in [-0.2, 0) is 20.9 Å². The second-order valence-electron chi connectivity index (χ2n) is 10.5. The smallest absolute Gasteiger partial charge is 0.305 e. The zero-order valence-corrected chi connectivity index (χ0v) is 23.8. The van der Waals surface area contributed by atoms with Crippen molar-refractivity contribution in [1.29, 1.82) is 0 Å². The third-order valence-corrected chi connectivity index (χ3v) is 6.73. The zero-order chi connectivity index (χ0) is 30.8. The highest BCUT2D eigenvalue weighted by atomic mass is 16.4. The molecule has 0 radical (unpaired) electrons. The number of fused-ring (bicyclic) bond motifs is 1. The molecular formula is C31H37N5O6. The maximum Gasteiger partial charge on any atom is 0.305 e. The summed E-state index contributed by atoms with van der Waals surface area (Å²) in [4.78, 5) is 61.6. The van der Waals surface area contributed by atoms with E-state index in [9.17, 15) is 29.1 Å². The molecule has 11 nitrogen and oxygen atoms in total. The van der Waals surface area contributed by atoms with Crippen molar-refractivity contribution in [3.05, 3.63) is 83.4 Å². The summed E-state index contributed by atoms with van der Waals surface area (Å²) < 4.78 is 0. The molecule has 0 aliphatic rings. The van der Waals surface area contributed by atoms with Crippen LogP contribution in [-0.4, -0.2) is 59.4 Å². The van der Waals surface area contributed by atoms with Gasteiger partial charge in [0.1, 0.15) is 12.1 Å². The number of nitrogens with one attached hydrogen (secondary N) is 4. The van der Waals surface area contributed by atoms with Crippen LogP contribution >= 0.6 is 0 Å². The van der Waals surface area contributed by atoms with Crippen LogP contribution in [0.4, 0.5) is 0 Å². The zero-order valence-electron chi connectivity index (χ0n) is 23.8. The van der Waals surface area contributed by atoms with Crippen molar-refractivity contribution >= 4 is 40.4 Å². The summed E-state index contributed by atoms with van der Waals surface area (Å²) in [5.41, 5.74) is 6.87. The molecule has 222 valence electrons. The summed E-state index contributed by atoms with van der Waals surface area (Å²) in [5, 5.41) is 22.4. The minimum Gasteiger partial charge on any atom is -0.481 e. The Morgan fingerprint density at radius 1 is 0.786 bits per heavy atom. The van der Waals surface area contributed by atoms with Gasteiger partial charge in [-0.1, -0.05) is 56.3 Å². The fourth-order valence-electron chi connectivity index (χ4n) is 4.35. The Kier molecular flexibility index (Phi) is 11.1. The van der Waals surface area contributed by atoms with Crippen molar-refractivity contribution in [1.82, 2.24) is 21.3 Å². The highest BCUT2D eigenvalue weighted by Gasteiger charge is 2.28. The molecule has 0 fully saturated rings. The lowest BCUT2D eigenvalue weighted by Crippen LogP contribution is -2.56. The van der Waals surface area contributed by atoms with E-state index >= 15 is 0 Å². The van der Waals surface area contributed by atoms with Gasteiger partial charge in [-0.25, -0.2) is 0 Å². The highest BCUT2D eigenvalue weighted by Crippen LogP contribution is 2.16. The van der Waals surface area contributed by atoms with Crippen LogP contribution in [0.25, 0.3) is 10.8 Å². The molecule has 3 aromatic carbocycles. The molecular weight excluding hydrogens is 538 g/mol. The van der Waals surface area contributed by atoms with Crippen molar-refractivity contribution in [2.24, 2.45) is 11.7 Å². The summed E-state index contributed by atoms with van der Waals surface area (Å²) in [5.74, 6) is -3.42. The van der Waals surface area contributed by atoms with E-state index in [1.54, 1.807) is 50.2 Å². The largest absolute Gasteiger partial charge is 0.481 e. The number of benzene rings is 3. The van der Waals surface area contributed by atoms with Crippen LogP contribution in [0.2, 0.25) is 0 Å². The Morgan fingerprint density at radius 3 is 2.05 bits per heavy atom. The molecule has 0 spiro atoms. The summed E-state index contributed by atoms with van der Waals surface area (Å²) in [6.07, 6.45) is -0.337. The number of primary amides is 1. The predicted molar refractivity (Wildman–Crippen MR) is 158 cm³/mol. The van der Waals surface area contributed by atoms with Gasteiger partial charge in [-0.15, -0.1) is 0 Å². The minimum atomic E-state index is -1.10. The maximum absolute atomic E-state index is 13.1. The van der Waals surface area contributed by atoms with Gasteiger partial charge in [-0.2, -0.15) is 0 Å². The lowest BCUT2D eigenvalue weighted by Gasteiger charge is -2.25. The van der Waals surface area contributed by atoms with E-state index < -0.39 is 47.7 Å². The first-order chi connectivity index (χ1) is 19.9. The monoisotopic (exact) mass is 575 g/mol. The predicted octanol–water partition coefficient (Wildman–Crippen LogP) is 1.95. The van der Waals surface area contributed by atoms with Crippen LogP contribution < -0.4 is 27.0 Å². The number of nitrogens with two attached hydrogens (primary N) is 1. The van der Waals surface area contributed by atoms with Crippen molar-refractivity contribution in [2.75, 3.05) is 6.54 Å². The molecule has 4 amide bonds. The fraction of sp³-hybridized carbons (Fsp3) is 0.323. The van der Waals surface area contributed by atoms with E-state index in [0.717, 1.165) is 16.3 Å². The van der Waals surface area contributed by atoms with Crippen LogP contribution in [0, 0.1) is 5.92 Å². The van der Waals surface area contributed by atoms with E-state index in [4.69, 9.17) is 5.73 Å². The molecule has 0 aromatic heterocycles. The van der Waals surface area contributed by atoms with Gasteiger partial charge in [0, 0.05) is 24.2 Å². The summed E-state index contributed by atoms with van der Waals surface area (Å²) in [7, 11) is 0. The number of carboxylic acids is 1. The molecule has 3 aromatic rings. The van der Waals surface area contributed by atoms with Crippen molar-refractivity contribution in [2.45, 2.75) is 51.9 Å². The Labute approximate surface area is 244 Å². The SMILES string of the molecule is CC(C)[C@H](NC(=O)c1ccc2ccccc2c1)C(=O)N[C@@H](C)C(=O)N[C@H](CNCc1ccc(C(N)=O)cc1)CC(=O)O. The molecule has 0 aliphatic heterocycles. The van der Waals surface area contributed by atoms with Crippen LogP contribution in [0.15, 0.2) is 66.7 Å². The number of rotatable bonds is 14. The van der Waals surface area contributed by atoms with Gasteiger partial charge < -0.3 is 32.1 Å². The standard InChI is InChI=1S/C31H37N5O6/c1-18(2)27(36-30(41)24-13-12-21-6-4-5-7-23(21)14-24)31(42)34-19(3)29(40)35-25(15-26(37)38)17-33-16-20-8-10-22(11-9-20)28(32)39/h4-14,18-19,25,27,33H,15-17H2,1-3H3,(H2,32,39)(H,34,42)(H,35,40)(H,36,41)(H,37,38)/t19-,25-,27-/m0/s1. The molecule has 0 bridgehead atoms. The first-order valence-electron chi connectivity index (χ1n) is 13.7. The lowest BCUT2D eigenvalue weighted by atomic mass is 10.0. The van der Waals surface area contributed by atoms with E-state index in [2.05, 4.69) is 21.3 Å². The van der Waals surface area contributed by atoms with E-state index in [1.807, 2.05) is 30.3 Å². The average Bonchev–Trinajstić information content (AvgIpc) is 2.95. The average molecular weight is 576 g/mol. The lowest BCUT2D eigenvalue weighted by molar-refractivity contribution is -0.138. The molecule has 3 rings (SSSR count). The Hall–Kier alpha value is -4.77. The van der Waals surface area contributed by atoms with Crippen molar-refractivity contribution in [3.8, 4) is 0 Å². The molecule has 11 heteroatoms. The molecule has 0 saturated heterocycles. The number of amides is 4. The second kappa shape index (κ2) is 14.7. The van der Waals surface area contributed by atoms with Gasteiger partial charge in [0.15, 0.2) is 0 Å². The summed E-state index contributed by atoms with van der Waals surface area (Å²) in [6.45, 7) is 5.57. The summed E-state index contributed by atoms with van der Waals surface area (Å²) in [6, 6.07) is 16.9. The third kappa shape index (κ3) is 9.13. The first kappa shape index (κ1) is 31.8. The maximum atomic E-state index is 13.1. The molecule has 0 saturated carbocycles. The van der Waals surface area contributed by atoms with Gasteiger partial charge in [-0.05, 0) is 53.4 Å². The van der Waals surface area contributed by atoms with E-state index in [-0.39, 0.29) is 18.9 Å².